The molecular formula is C15H14Cl2FNO. The topological polar surface area (TPSA) is 21.3 Å². The van der Waals surface area contributed by atoms with Gasteiger partial charge in [0.2, 0.25) is 0 Å². The van der Waals surface area contributed by atoms with Crippen LogP contribution in [0.1, 0.15) is 12.5 Å². The summed E-state index contributed by atoms with van der Waals surface area (Å²) in [5, 5.41) is 3.94. The average molecular weight is 314 g/mol. The molecule has 0 radical (unpaired) electrons. The molecule has 0 saturated heterocycles. The predicted molar refractivity (Wildman–Crippen MR) is 80.3 cm³/mol. The molecule has 0 aliphatic rings. The summed E-state index contributed by atoms with van der Waals surface area (Å²) in [6, 6.07) is 9.67. The number of hydrogen-bond donors (Lipinski definition) is 1. The second-order valence-corrected chi connectivity index (χ2v) is 5.00. The molecular weight excluding hydrogens is 300 g/mol. The smallest absolute Gasteiger partial charge is 0.167 e. The second-order valence-electron chi connectivity index (χ2n) is 4.19. The van der Waals surface area contributed by atoms with Crippen molar-refractivity contribution in [1.82, 2.24) is 5.32 Å². The third kappa shape index (κ3) is 3.63. The molecule has 0 aromatic heterocycles. The lowest BCUT2D eigenvalue weighted by molar-refractivity contribution is 0.434. The fourth-order valence-electron chi connectivity index (χ4n) is 1.72. The predicted octanol–water partition coefficient (Wildman–Crippen LogP) is 5.03. The first-order valence-corrected chi connectivity index (χ1v) is 6.98. The first-order valence-electron chi connectivity index (χ1n) is 6.23. The number of benzene rings is 2. The van der Waals surface area contributed by atoms with E-state index in [1.165, 1.54) is 6.07 Å². The van der Waals surface area contributed by atoms with Crippen LogP contribution in [0.5, 0.6) is 11.5 Å². The lowest BCUT2D eigenvalue weighted by atomic mass is 10.2. The molecule has 2 aromatic carbocycles. The summed E-state index contributed by atoms with van der Waals surface area (Å²) in [4.78, 5) is 0. The van der Waals surface area contributed by atoms with Gasteiger partial charge < -0.3 is 10.1 Å². The molecule has 0 aliphatic heterocycles. The third-order valence-corrected chi connectivity index (χ3v) is 3.46. The highest BCUT2D eigenvalue weighted by molar-refractivity contribution is 6.42. The first-order chi connectivity index (χ1) is 9.61. The largest absolute Gasteiger partial charge is 0.454 e. The molecule has 0 amide bonds. The number of ether oxygens (including phenoxy) is 1. The Kier molecular flexibility index (Phi) is 5.24. The van der Waals surface area contributed by atoms with Crippen molar-refractivity contribution in [2.45, 2.75) is 13.5 Å². The Balaban J connectivity index is 2.29. The van der Waals surface area contributed by atoms with E-state index in [9.17, 15) is 4.39 Å². The van der Waals surface area contributed by atoms with Gasteiger partial charge in [0.05, 0.1) is 10.0 Å². The van der Waals surface area contributed by atoms with E-state index in [4.69, 9.17) is 27.9 Å². The van der Waals surface area contributed by atoms with Gasteiger partial charge in [0.15, 0.2) is 11.6 Å². The van der Waals surface area contributed by atoms with E-state index in [0.717, 1.165) is 12.1 Å². The quantitative estimate of drug-likeness (QED) is 0.835. The highest BCUT2D eigenvalue weighted by atomic mass is 35.5. The summed E-state index contributed by atoms with van der Waals surface area (Å²) in [7, 11) is 0. The standard InChI is InChI=1S/C15H14Cl2FNO/c1-2-19-9-10-4-3-5-14(18)15(10)20-11-6-7-12(16)13(17)8-11/h3-8,19H,2,9H2,1H3. The Hall–Kier alpha value is -1.29. The molecule has 0 fully saturated rings. The highest BCUT2D eigenvalue weighted by Crippen LogP contribution is 2.32. The number of hydrogen-bond acceptors (Lipinski definition) is 2. The molecule has 20 heavy (non-hydrogen) atoms. The van der Waals surface area contributed by atoms with Crippen molar-refractivity contribution in [1.29, 1.82) is 0 Å². The molecule has 0 heterocycles. The molecule has 2 rings (SSSR count). The van der Waals surface area contributed by atoms with Crippen LogP contribution in [0.3, 0.4) is 0 Å². The second kappa shape index (κ2) is 6.93. The van der Waals surface area contributed by atoms with Crippen LogP contribution in [0.25, 0.3) is 0 Å². The summed E-state index contributed by atoms with van der Waals surface area (Å²) in [6.45, 7) is 3.31. The lowest BCUT2D eigenvalue weighted by Gasteiger charge is -2.13. The molecule has 0 bridgehead atoms. The van der Waals surface area contributed by atoms with Gasteiger partial charge in [-0.05, 0) is 24.7 Å². The minimum absolute atomic E-state index is 0.201. The fraction of sp³-hybridized carbons (Fsp3) is 0.200. The zero-order valence-electron chi connectivity index (χ0n) is 10.9. The molecule has 0 aliphatic carbocycles. The summed E-state index contributed by atoms with van der Waals surface area (Å²) < 4.78 is 19.5. The van der Waals surface area contributed by atoms with Crippen molar-refractivity contribution in [2.75, 3.05) is 6.54 Å². The van der Waals surface area contributed by atoms with Gasteiger partial charge in [-0.1, -0.05) is 42.3 Å². The number of nitrogens with one attached hydrogen (secondary N) is 1. The normalized spacial score (nSPS) is 10.6. The van der Waals surface area contributed by atoms with Crippen molar-refractivity contribution < 1.29 is 9.13 Å². The lowest BCUT2D eigenvalue weighted by Crippen LogP contribution is -2.12. The molecule has 0 saturated carbocycles. The molecule has 2 nitrogen and oxygen atoms in total. The highest BCUT2D eigenvalue weighted by Gasteiger charge is 2.11. The van der Waals surface area contributed by atoms with E-state index in [-0.39, 0.29) is 5.75 Å². The van der Waals surface area contributed by atoms with Crippen molar-refractivity contribution in [3.63, 3.8) is 0 Å². The summed E-state index contributed by atoms with van der Waals surface area (Å²) in [5.74, 6) is 0.237. The fourth-order valence-corrected chi connectivity index (χ4v) is 2.01. The van der Waals surface area contributed by atoms with Crippen LogP contribution in [-0.2, 0) is 6.54 Å². The van der Waals surface area contributed by atoms with E-state index in [0.29, 0.717) is 22.3 Å². The molecule has 106 valence electrons. The summed E-state index contributed by atoms with van der Waals surface area (Å²) in [5.41, 5.74) is 0.748. The van der Waals surface area contributed by atoms with Gasteiger partial charge in [-0.25, -0.2) is 4.39 Å². The number of para-hydroxylation sites is 1. The third-order valence-electron chi connectivity index (χ3n) is 2.72. The van der Waals surface area contributed by atoms with E-state index >= 15 is 0 Å². The Morgan fingerprint density at radius 2 is 1.95 bits per heavy atom. The van der Waals surface area contributed by atoms with Gasteiger partial charge in [-0.15, -0.1) is 0 Å². The Morgan fingerprint density at radius 3 is 2.65 bits per heavy atom. The molecule has 1 N–H and O–H groups in total. The van der Waals surface area contributed by atoms with Gasteiger partial charge in [0.25, 0.3) is 0 Å². The van der Waals surface area contributed by atoms with Crippen molar-refractivity contribution in [3.05, 3.63) is 57.8 Å². The Bertz CT molecular complexity index is 604. The Labute approximate surface area is 127 Å². The maximum atomic E-state index is 13.9. The van der Waals surface area contributed by atoms with Gasteiger partial charge in [0.1, 0.15) is 5.75 Å². The van der Waals surface area contributed by atoms with Crippen molar-refractivity contribution in [2.24, 2.45) is 0 Å². The summed E-state index contributed by atoms with van der Waals surface area (Å²) >= 11 is 11.8. The van der Waals surface area contributed by atoms with E-state index < -0.39 is 5.82 Å². The van der Waals surface area contributed by atoms with Crippen LogP contribution < -0.4 is 10.1 Å². The number of rotatable bonds is 5. The van der Waals surface area contributed by atoms with Crippen LogP contribution in [0, 0.1) is 5.82 Å². The Morgan fingerprint density at radius 1 is 1.15 bits per heavy atom. The molecule has 0 atom stereocenters. The maximum Gasteiger partial charge on any atom is 0.167 e. The average Bonchev–Trinajstić information content (AvgIpc) is 2.43. The first kappa shape index (κ1) is 15.1. The van der Waals surface area contributed by atoms with Crippen molar-refractivity contribution in [3.8, 4) is 11.5 Å². The van der Waals surface area contributed by atoms with Crippen LogP contribution in [0.4, 0.5) is 4.39 Å². The molecule has 5 heteroatoms. The van der Waals surface area contributed by atoms with Gasteiger partial charge in [-0.2, -0.15) is 0 Å². The van der Waals surface area contributed by atoms with E-state index in [2.05, 4.69) is 5.32 Å². The molecule has 0 spiro atoms. The van der Waals surface area contributed by atoms with Gasteiger partial charge in [0, 0.05) is 18.2 Å². The minimum Gasteiger partial charge on any atom is -0.454 e. The van der Waals surface area contributed by atoms with Gasteiger partial charge in [-0.3, -0.25) is 0 Å². The molecule has 0 unspecified atom stereocenters. The molecule has 2 aromatic rings. The maximum absolute atomic E-state index is 13.9. The van der Waals surface area contributed by atoms with Crippen LogP contribution in [0.15, 0.2) is 36.4 Å². The van der Waals surface area contributed by atoms with Crippen LogP contribution in [0.2, 0.25) is 10.0 Å². The van der Waals surface area contributed by atoms with Gasteiger partial charge >= 0.3 is 0 Å². The van der Waals surface area contributed by atoms with Crippen LogP contribution in [-0.4, -0.2) is 6.54 Å². The van der Waals surface area contributed by atoms with Crippen LogP contribution >= 0.6 is 23.2 Å². The van der Waals surface area contributed by atoms with Crippen molar-refractivity contribution >= 4 is 23.2 Å². The van der Waals surface area contributed by atoms with E-state index in [1.807, 2.05) is 13.0 Å². The zero-order chi connectivity index (χ0) is 14.5. The SMILES string of the molecule is CCNCc1cccc(F)c1Oc1ccc(Cl)c(Cl)c1. The monoisotopic (exact) mass is 313 g/mol. The number of halogens is 3. The summed E-state index contributed by atoms with van der Waals surface area (Å²) in [6.07, 6.45) is 0. The minimum atomic E-state index is -0.411. The zero-order valence-corrected chi connectivity index (χ0v) is 12.4. The van der Waals surface area contributed by atoms with E-state index in [1.54, 1.807) is 24.3 Å².